The van der Waals surface area contributed by atoms with Crippen LogP contribution in [0.5, 0.6) is 0 Å². The number of hydrogen-bond donors (Lipinski definition) is 2. The fourth-order valence-electron chi connectivity index (χ4n) is 1.74. The van der Waals surface area contributed by atoms with Gasteiger partial charge in [-0.25, -0.2) is 0 Å². The van der Waals surface area contributed by atoms with Crippen LogP contribution in [0, 0.1) is 5.41 Å². The van der Waals surface area contributed by atoms with Gasteiger partial charge < -0.3 is 10.3 Å². The summed E-state index contributed by atoms with van der Waals surface area (Å²) in [5, 5.41) is 3.17. The van der Waals surface area contributed by atoms with Gasteiger partial charge in [-0.05, 0) is 30.4 Å². The van der Waals surface area contributed by atoms with Gasteiger partial charge in [-0.2, -0.15) is 0 Å². The first-order valence-corrected chi connectivity index (χ1v) is 6.41. The van der Waals surface area contributed by atoms with Crippen molar-refractivity contribution in [1.82, 2.24) is 4.98 Å². The van der Waals surface area contributed by atoms with Crippen LogP contribution < -0.4 is 10.9 Å². The highest BCUT2D eigenvalue weighted by atomic mass is 16.1. The van der Waals surface area contributed by atoms with E-state index in [1.54, 1.807) is 6.20 Å². The molecule has 0 bridgehead atoms. The van der Waals surface area contributed by atoms with Crippen molar-refractivity contribution >= 4 is 5.69 Å². The Morgan fingerprint density at radius 3 is 2.65 bits per heavy atom. The third kappa shape index (κ3) is 6.15. The van der Waals surface area contributed by atoms with E-state index in [9.17, 15) is 4.79 Å². The maximum atomic E-state index is 11.4. The zero-order valence-corrected chi connectivity index (χ0v) is 11.2. The van der Waals surface area contributed by atoms with Crippen LogP contribution in [0.15, 0.2) is 23.1 Å². The molecule has 2 N–H and O–H groups in total. The molecule has 1 rings (SSSR count). The zero-order chi connectivity index (χ0) is 12.7. The number of unbranched alkanes of at least 4 members (excludes halogenated alkanes) is 2. The van der Waals surface area contributed by atoms with E-state index in [4.69, 9.17) is 0 Å². The van der Waals surface area contributed by atoms with Gasteiger partial charge in [0.1, 0.15) is 5.69 Å². The predicted molar refractivity (Wildman–Crippen MR) is 73.5 cm³/mol. The molecule has 0 aliphatic heterocycles. The standard InChI is InChI=1S/C14H24N2O/c1-14(2,3)9-5-4-6-10-15-12-8-7-11-16-13(12)17/h7-8,11,15H,4-6,9-10H2,1-3H3,(H,16,17). The molecule has 0 aromatic carbocycles. The van der Waals surface area contributed by atoms with Crippen molar-refractivity contribution in [3.8, 4) is 0 Å². The number of aromatic nitrogens is 1. The fourth-order valence-corrected chi connectivity index (χ4v) is 1.74. The highest BCUT2D eigenvalue weighted by Crippen LogP contribution is 2.21. The lowest BCUT2D eigenvalue weighted by molar-refractivity contribution is 0.359. The van der Waals surface area contributed by atoms with Crippen molar-refractivity contribution < 1.29 is 0 Å². The minimum atomic E-state index is -0.0396. The molecule has 3 nitrogen and oxygen atoms in total. The molecule has 1 aromatic heterocycles. The molecule has 0 aliphatic rings. The number of nitrogens with one attached hydrogen (secondary N) is 2. The van der Waals surface area contributed by atoms with Gasteiger partial charge in [-0.15, -0.1) is 0 Å². The molecule has 0 saturated heterocycles. The average Bonchev–Trinajstić information content (AvgIpc) is 2.24. The van der Waals surface area contributed by atoms with Crippen LogP contribution in [0.25, 0.3) is 0 Å². The Balaban J connectivity index is 2.13. The maximum absolute atomic E-state index is 11.4. The van der Waals surface area contributed by atoms with E-state index in [2.05, 4.69) is 31.1 Å². The van der Waals surface area contributed by atoms with Crippen LogP contribution >= 0.6 is 0 Å². The second-order valence-corrected chi connectivity index (χ2v) is 5.71. The van der Waals surface area contributed by atoms with Gasteiger partial charge in [0.2, 0.25) is 0 Å². The molecule has 0 fully saturated rings. The molecule has 0 atom stereocenters. The van der Waals surface area contributed by atoms with E-state index in [-0.39, 0.29) is 5.56 Å². The highest BCUT2D eigenvalue weighted by molar-refractivity contribution is 5.39. The molecule has 0 saturated carbocycles. The second kappa shape index (κ2) is 6.48. The van der Waals surface area contributed by atoms with Crippen molar-refractivity contribution in [2.24, 2.45) is 5.41 Å². The molecular formula is C14H24N2O. The Hall–Kier alpha value is -1.25. The van der Waals surface area contributed by atoms with E-state index in [0.29, 0.717) is 11.1 Å². The number of hydrogen-bond acceptors (Lipinski definition) is 2. The molecule has 1 heterocycles. The summed E-state index contributed by atoms with van der Waals surface area (Å²) in [7, 11) is 0. The molecule has 0 unspecified atom stereocenters. The van der Waals surface area contributed by atoms with Crippen molar-refractivity contribution in [3.05, 3.63) is 28.7 Å². The number of pyridine rings is 1. The predicted octanol–water partition coefficient (Wildman–Crippen LogP) is 3.39. The van der Waals surface area contributed by atoms with Crippen LogP contribution in [-0.2, 0) is 0 Å². The van der Waals surface area contributed by atoms with Gasteiger partial charge in [-0.1, -0.05) is 33.6 Å². The Labute approximate surface area is 104 Å². The normalized spacial score (nSPS) is 11.5. The summed E-state index contributed by atoms with van der Waals surface area (Å²) >= 11 is 0. The lowest BCUT2D eigenvalue weighted by Crippen LogP contribution is -2.14. The summed E-state index contributed by atoms with van der Waals surface area (Å²) in [6, 6.07) is 3.65. The summed E-state index contributed by atoms with van der Waals surface area (Å²) in [5.74, 6) is 0. The van der Waals surface area contributed by atoms with Crippen LogP contribution in [0.4, 0.5) is 5.69 Å². The summed E-state index contributed by atoms with van der Waals surface area (Å²) in [5.41, 5.74) is 1.06. The summed E-state index contributed by atoms with van der Waals surface area (Å²) in [4.78, 5) is 14.0. The first kappa shape index (κ1) is 13.8. The van der Waals surface area contributed by atoms with Crippen molar-refractivity contribution in [2.45, 2.75) is 46.5 Å². The second-order valence-electron chi connectivity index (χ2n) is 5.71. The lowest BCUT2D eigenvalue weighted by Gasteiger charge is -2.17. The van der Waals surface area contributed by atoms with Gasteiger partial charge in [0.15, 0.2) is 0 Å². The largest absolute Gasteiger partial charge is 0.381 e. The number of rotatable bonds is 6. The Bertz CT molecular complexity index is 376. The minimum absolute atomic E-state index is 0.0396. The number of anilines is 1. The van der Waals surface area contributed by atoms with E-state index in [1.165, 1.54) is 19.3 Å². The van der Waals surface area contributed by atoms with E-state index in [0.717, 1.165) is 13.0 Å². The Morgan fingerprint density at radius 2 is 2.00 bits per heavy atom. The first-order chi connectivity index (χ1) is 7.99. The smallest absolute Gasteiger partial charge is 0.271 e. The highest BCUT2D eigenvalue weighted by Gasteiger charge is 2.08. The van der Waals surface area contributed by atoms with Gasteiger partial charge in [-0.3, -0.25) is 4.79 Å². The van der Waals surface area contributed by atoms with Crippen LogP contribution in [-0.4, -0.2) is 11.5 Å². The molecule has 96 valence electrons. The molecule has 0 radical (unpaired) electrons. The maximum Gasteiger partial charge on any atom is 0.271 e. The molecule has 17 heavy (non-hydrogen) atoms. The zero-order valence-electron chi connectivity index (χ0n) is 11.2. The first-order valence-electron chi connectivity index (χ1n) is 6.41. The van der Waals surface area contributed by atoms with E-state index < -0.39 is 0 Å². The molecule has 3 heteroatoms. The summed E-state index contributed by atoms with van der Waals surface area (Å²) < 4.78 is 0. The van der Waals surface area contributed by atoms with Crippen molar-refractivity contribution in [3.63, 3.8) is 0 Å². The van der Waals surface area contributed by atoms with Gasteiger partial charge >= 0.3 is 0 Å². The van der Waals surface area contributed by atoms with Crippen molar-refractivity contribution in [2.75, 3.05) is 11.9 Å². The van der Waals surface area contributed by atoms with Crippen molar-refractivity contribution in [1.29, 1.82) is 0 Å². The molecule has 0 spiro atoms. The third-order valence-electron chi connectivity index (χ3n) is 2.74. The third-order valence-corrected chi connectivity index (χ3v) is 2.74. The van der Waals surface area contributed by atoms with Gasteiger partial charge in [0.25, 0.3) is 5.56 Å². The SMILES string of the molecule is CC(C)(C)CCCCCNc1ccc[nH]c1=O. The van der Waals surface area contributed by atoms with Crippen LogP contribution in [0.3, 0.4) is 0 Å². The van der Waals surface area contributed by atoms with E-state index >= 15 is 0 Å². The van der Waals surface area contributed by atoms with E-state index in [1.807, 2.05) is 12.1 Å². The summed E-state index contributed by atoms with van der Waals surface area (Å²) in [6.07, 6.45) is 6.51. The number of H-pyrrole nitrogens is 1. The average molecular weight is 236 g/mol. The minimum Gasteiger partial charge on any atom is -0.381 e. The van der Waals surface area contributed by atoms with Crippen LogP contribution in [0.1, 0.15) is 46.5 Å². The molecular weight excluding hydrogens is 212 g/mol. The number of aromatic amines is 1. The lowest BCUT2D eigenvalue weighted by atomic mass is 9.89. The van der Waals surface area contributed by atoms with Gasteiger partial charge in [0, 0.05) is 12.7 Å². The quantitative estimate of drug-likeness (QED) is 0.744. The monoisotopic (exact) mass is 236 g/mol. The van der Waals surface area contributed by atoms with Gasteiger partial charge in [0.05, 0.1) is 0 Å². The molecule has 0 amide bonds. The molecule has 1 aromatic rings. The Kier molecular flexibility index (Phi) is 5.26. The fraction of sp³-hybridized carbons (Fsp3) is 0.643. The topological polar surface area (TPSA) is 44.9 Å². The molecule has 0 aliphatic carbocycles. The van der Waals surface area contributed by atoms with Crippen LogP contribution in [0.2, 0.25) is 0 Å². The summed E-state index contributed by atoms with van der Waals surface area (Å²) in [6.45, 7) is 7.69. The Morgan fingerprint density at radius 1 is 1.24 bits per heavy atom.